The highest BCUT2D eigenvalue weighted by Gasteiger charge is 2.56. The minimum atomic E-state index is -4.54. The first kappa shape index (κ1) is 21.4. The third kappa shape index (κ3) is 3.81. The van der Waals surface area contributed by atoms with Crippen LogP contribution in [0, 0.1) is 5.92 Å². The third-order valence-electron chi connectivity index (χ3n) is 5.33. The van der Waals surface area contributed by atoms with Crippen LogP contribution >= 0.6 is 11.8 Å². The molecule has 0 radical (unpaired) electrons. The molecule has 0 bridgehead atoms. The van der Waals surface area contributed by atoms with Crippen LogP contribution in [0.5, 0.6) is 0 Å². The number of hydrogen-bond donors (Lipinski definition) is 2. The molecule has 1 saturated heterocycles. The minimum absolute atomic E-state index is 0.120. The maximum Gasteiger partial charge on any atom is 0.446 e. The van der Waals surface area contributed by atoms with E-state index in [1.807, 2.05) is 0 Å². The number of carbonyl (C=O) groups is 2. The molecule has 8 nitrogen and oxygen atoms in total. The van der Waals surface area contributed by atoms with Crippen LogP contribution in [0.4, 0.5) is 13.2 Å². The number of carbonyl (C=O) groups excluding carboxylic acids is 1. The smallest absolute Gasteiger partial charge is 0.446 e. The van der Waals surface area contributed by atoms with Gasteiger partial charge in [0.15, 0.2) is 18.1 Å². The largest absolute Gasteiger partial charge is 0.477 e. The van der Waals surface area contributed by atoms with Gasteiger partial charge in [-0.1, -0.05) is 0 Å². The minimum Gasteiger partial charge on any atom is -0.477 e. The lowest BCUT2D eigenvalue weighted by Crippen LogP contribution is -2.61. The van der Waals surface area contributed by atoms with Crippen molar-refractivity contribution in [1.29, 1.82) is 0 Å². The predicted octanol–water partition coefficient (Wildman–Crippen LogP) is 1.72. The van der Waals surface area contributed by atoms with E-state index in [-0.39, 0.29) is 39.9 Å². The van der Waals surface area contributed by atoms with Gasteiger partial charge in [-0.05, 0) is 48.4 Å². The topological polar surface area (TPSA) is 99.5 Å². The maximum atomic E-state index is 13.1. The van der Waals surface area contributed by atoms with Gasteiger partial charge in [-0.25, -0.2) is 4.79 Å². The Hall–Kier alpha value is -2.86. The van der Waals surface area contributed by atoms with Crippen LogP contribution in [0.25, 0.3) is 11.3 Å². The summed E-state index contributed by atoms with van der Waals surface area (Å²) >= 11 is -0.316. The molecule has 0 aliphatic carbocycles. The number of aliphatic hydroxyl groups is 1. The Morgan fingerprint density at radius 3 is 2.61 bits per heavy atom. The molecule has 1 aromatic carbocycles. The Morgan fingerprint density at radius 2 is 2.06 bits per heavy atom. The summed E-state index contributed by atoms with van der Waals surface area (Å²) in [5, 5.41) is 23.8. The lowest BCUT2D eigenvalue weighted by Gasteiger charge is -2.44. The molecule has 3 atom stereocenters. The fourth-order valence-electron chi connectivity index (χ4n) is 4.12. The molecule has 1 fully saturated rings. The third-order valence-corrected chi connectivity index (χ3v) is 6.03. The predicted molar refractivity (Wildman–Crippen MR) is 102 cm³/mol. The summed E-state index contributed by atoms with van der Waals surface area (Å²) in [4.78, 5) is 25.4. The molecular weight excluding hydrogens is 437 g/mol. The van der Waals surface area contributed by atoms with E-state index >= 15 is 0 Å². The number of carboxylic acid groups (broad SMARTS) is 1. The molecule has 3 unspecified atom stereocenters. The van der Waals surface area contributed by atoms with E-state index in [9.17, 15) is 33.0 Å². The molecule has 12 heteroatoms. The van der Waals surface area contributed by atoms with Crippen LogP contribution in [0.15, 0.2) is 41.2 Å². The second kappa shape index (κ2) is 7.38. The second-order valence-corrected chi connectivity index (χ2v) is 8.59. The maximum absolute atomic E-state index is 13.1. The number of halogens is 3. The molecule has 0 spiro atoms. The van der Waals surface area contributed by atoms with E-state index in [1.165, 1.54) is 28.4 Å². The Balaban J connectivity index is 1.84. The molecule has 2 N–H and O–H groups in total. The van der Waals surface area contributed by atoms with Crippen LogP contribution in [0.1, 0.15) is 18.9 Å². The van der Waals surface area contributed by atoms with Crippen LogP contribution in [0.3, 0.4) is 0 Å². The summed E-state index contributed by atoms with van der Waals surface area (Å²) in [6, 6.07) is 3.57. The van der Waals surface area contributed by atoms with Gasteiger partial charge in [-0.15, -0.1) is 9.36 Å². The van der Waals surface area contributed by atoms with Crippen molar-refractivity contribution in [2.24, 2.45) is 13.0 Å². The van der Waals surface area contributed by atoms with Gasteiger partial charge in [0, 0.05) is 11.0 Å². The first-order valence-corrected chi connectivity index (χ1v) is 10.1. The number of thioether (sulfide) groups is 1. The van der Waals surface area contributed by atoms with Gasteiger partial charge in [0.2, 0.25) is 5.91 Å². The molecule has 1 aromatic heterocycles. The van der Waals surface area contributed by atoms with Crippen molar-refractivity contribution in [2.75, 3.05) is 0 Å². The van der Waals surface area contributed by atoms with Crippen molar-refractivity contribution in [3.8, 4) is 5.69 Å². The van der Waals surface area contributed by atoms with Gasteiger partial charge in [-0.2, -0.15) is 13.2 Å². The normalized spacial score (nSPS) is 21.9. The number of nitrogens with zero attached hydrogens (tertiary/aromatic N) is 4. The van der Waals surface area contributed by atoms with Crippen molar-refractivity contribution < 1.29 is 37.7 Å². The molecule has 2 aliphatic heterocycles. The number of fused-ring (bicyclic) bond motifs is 1. The van der Waals surface area contributed by atoms with Crippen LogP contribution in [-0.2, 0) is 16.6 Å². The van der Waals surface area contributed by atoms with Crippen LogP contribution in [-0.4, -0.2) is 54.5 Å². The number of hydrogen-bond acceptors (Lipinski definition) is 5. The zero-order valence-corrected chi connectivity index (χ0v) is 17.2. The number of aliphatic hydroxyl groups excluding tert-OH is 1. The van der Waals surface area contributed by atoms with Gasteiger partial charge in [-0.3, -0.25) is 4.79 Å². The zero-order valence-electron chi connectivity index (χ0n) is 16.4. The Bertz CT molecular complexity index is 1110. The van der Waals surface area contributed by atoms with E-state index in [4.69, 9.17) is 0 Å². The lowest BCUT2D eigenvalue weighted by atomic mass is 9.82. The molecule has 164 valence electrons. The second-order valence-electron chi connectivity index (χ2n) is 7.45. The molecule has 2 aliphatic rings. The van der Waals surface area contributed by atoms with E-state index in [0.29, 0.717) is 5.69 Å². The van der Waals surface area contributed by atoms with Crippen molar-refractivity contribution in [3.63, 3.8) is 0 Å². The van der Waals surface area contributed by atoms with Gasteiger partial charge in [0.05, 0.1) is 23.3 Å². The van der Waals surface area contributed by atoms with Gasteiger partial charge >= 0.3 is 11.5 Å². The Labute approximate surface area is 178 Å². The van der Waals surface area contributed by atoms with Crippen molar-refractivity contribution >= 4 is 29.2 Å². The number of rotatable bonds is 5. The number of alkyl halides is 3. The Morgan fingerprint density at radius 1 is 1.35 bits per heavy atom. The molecule has 2 aromatic rings. The zero-order chi connectivity index (χ0) is 22.7. The van der Waals surface area contributed by atoms with E-state index in [1.54, 1.807) is 25.5 Å². The van der Waals surface area contributed by atoms with Gasteiger partial charge < -0.3 is 15.1 Å². The van der Waals surface area contributed by atoms with E-state index in [0.717, 1.165) is 4.90 Å². The number of aryl methyl sites for hydroxylation is 1. The Kier molecular flexibility index (Phi) is 5.09. The quantitative estimate of drug-likeness (QED) is 0.405. The molecule has 0 saturated carbocycles. The number of amides is 1. The average Bonchev–Trinajstić information content (AvgIpc) is 3.21. The SMILES string of the molecule is CC(O)C1C(=O)N2C(C(=O)O)=C(c3cc(SC(F)(F)F)cc(-n4cc[n+](C)n4)c3)CC12. The molecule has 4 rings (SSSR count). The summed E-state index contributed by atoms with van der Waals surface area (Å²) in [6.45, 7) is 1.45. The number of carboxylic acids is 1. The fourth-order valence-corrected chi connectivity index (χ4v) is 4.75. The van der Waals surface area contributed by atoms with E-state index < -0.39 is 35.4 Å². The highest BCUT2D eigenvalue weighted by atomic mass is 32.2. The first-order valence-electron chi connectivity index (χ1n) is 9.27. The van der Waals surface area contributed by atoms with Crippen LogP contribution in [0.2, 0.25) is 0 Å². The summed E-state index contributed by atoms with van der Waals surface area (Å²) in [7, 11) is 1.65. The molecule has 31 heavy (non-hydrogen) atoms. The standard InChI is InChI=1S/C19H17F3N4O4S/c1-9(27)15-14-8-13(16(18(29)30)26(14)17(15)28)10-5-11(25-4-3-24(2)23-25)7-12(6-10)31-19(20,21)22/h3-7,9,14-15,27H,8H2,1-2H3/p+1. The van der Waals surface area contributed by atoms with E-state index in [2.05, 4.69) is 5.21 Å². The van der Waals surface area contributed by atoms with Crippen molar-refractivity contribution in [3.05, 3.63) is 41.9 Å². The lowest BCUT2D eigenvalue weighted by molar-refractivity contribution is -0.731. The number of aromatic nitrogens is 3. The van der Waals surface area contributed by atoms with Crippen molar-refractivity contribution in [2.45, 2.75) is 35.9 Å². The number of aliphatic carboxylic acids is 1. The number of β-lactam (4-membered cyclic amide) rings is 1. The number of benzene rings is 1. The summed E-state index contributed by atoms with van der Waals surface area (Å²) in [6.07, 6.45) is 2.33. The van der Waals surface area contributed by atoms with Crippen LogP contribution < -0.4 is 4.68 Å². The summed E-state index contributed by atoms with van der Waals surface area (Å²) in [5.41, 5.74) is -3.99. The fraction of sp³-hybridized carbons (Fsp3) is 0.368. The average molecular weight is 455 g/mol. The first-order chi connectivity index (χ1) is 14.5. The van der Waals surface area contributed by atoms with Gasteiger partial charge in [0.25, 0.3) is 0 Å². The highest BCUT2D eigenvalue weighted by molar-refractivity contribution is 8.00. The molecule has 3 heterocycles. The van der Waals surface area contributed by atoms with Crippen molar-refractivity contribution in [1.82, 2.24) is 14.8 Å². The molecule has 1 amide bonds. The monoisotopic (exact) mass is 455 g/mol. The highest BCUT2D eigenvalue weighted by Crippen LogP contribution is 2.48. The van der Waals surface area contributed by atoms with Gasteiger partial charge in [0.1, 0.15) is 12.7 Å². The summed E-state index contributed by atoms with van der Waals surface area (Å²) < 4.78 is 42.1. The molecular formula is C19H18F3N4O4S+. The summed E-state index contributed by atoms with van der Waals surface area (Å²) in [5.74, 6) is -2.60.